The summed E-state index contributed by atoms with van der Waals surface area (Å²) in [6, 6.07) is 5.23. The molecule has 1 aromatic carbocycles. The lowest BCUT2D eigenvalue weighted by Gasteiger charge is -2.22. The molecule has 21 heavy (non-hydrogen) atoms. The molecule has 1 aromatic rings. The molecule has 7 nitrogen and oxygen atoms in total. The second-order valence-corrected chi connectivity index (χ2v) is 7.32. The highest BCUT2D eigenvalue weighted by Gasteiger charge is 2.20. The first-order chi connectivity index (χ1) is 9.63. The zero-order valence-electron chi connectivity index (χ0n) is 12.0. The van der Waals surface area contributed by atoms with Gasteiger partial charge < -0.3 is 10.0 Å². The molecule has 0 aliphatic carbocycles. The maximum Gasteiger partial charge on any atom is 0.304 e. The van der Waals surface area contributed by atoms with Crippen molar-refractivity contribution in [3.05, 3.63) is 22.7 Å². The van der Waals surface area contributed by atoms with E-state index in [0.29, 0.717) is 11.4 Å². The quantitative estimate of drug-likeness (QED) is 0.750. The van der Waals surface area contributed by atoms with Crippen LogP contribution in [0.1, 0.15) is 6.42 Å². The lowest BCUT2D eigenvalue weighted by Crippen LogP contribution is -2.34. The molecule has 9 heteroatoms. The van der Waals surface area contributed by atoms with Gasteiger partial charge in [-0.1, -0.05) is 15.9 Å². The van der Waals surface area contributed by atoms with Crippen molar-refractivity contribution in [2.24, 2.45) is 0 Å². The molecule has 0 heterocycles. The lowest BCUT2D eigenvalue weighted by atomic mass is 10.2. The van der Waals surface area contributed by atoms with E-state index in [0.717, 1.165) is 8.78 Å². The van der Waals surface area contributed by atoms with E-state index in [1.807, 2.05) is 0 Å². The van der Waals surface area contributed by atoms with Gasteiger partial charge in [-0.3, -0.25) is 9.52 Å². The number of benzene rings is 1. The standard InChI is InChI=1S/C12H18BrN3O4S/c1-15(2)11-5-4-9(13)8-10(11)14-21(19,20)16(3)7-6-12(17)18/h4-5,8,14H,6-7H2,1-3H3,(H,17,18). The van der Waals surface area contributed by atoms with Gasteiger partial charge in [-0.05, 0) is 18.2 Å². The summed E-state index contributed by atoms with van der Waals surface area (Å²) in [6.07, 6.45) is -0.254. The van der Waals surface area contributed by atoms with Crippen LogP contribution in [0.3, 0.4) is 0 Å². The number of nitrogens with one attached hydrogen (secondary N) is 1. The van der Waals surface area contributed by atoms with Gasteiger partial charge in [0, 0.05) is 32.2 Å². The number of nitrogens with zero attached hydrogens (tertiary/aromatic N) is 2. The van der Waals surface area contributed by atoms with Crippen LogP contribution in [-0.2, 0) is 15.0 Å². The van der Waals surface area contributed by atoms with Crippen LogP contribution in [0.2, 0.25) is 0 Å². The number of carbonyl (C=O) groups is 1. The second-order valence-electron chi connectivity index (χ2n) is 4.63. The Kier molecular flexibility index (Phi) is 5.99. The Balaban J connectivity index is 2.98. The highest BCUT2D eigenvalue weighted by molar-refractivity contribution is 9.10. The minimum Gasteiger partial charge on any atom is -0.481 e. The zero-order valence-corrected chi connectivity index (χ0v) is 14.4. The summed E-state index contributed by atoms with van der Waals surface area (Å²) in [6.45, 7) is -0.101. The molecule has 0 radical (unpaired) electrons. The van der Waals surface area contributed by atoms with Crippen molar-refractivity contribution in [2.75, 3.05) is 37.3 Å². The summed E-state index contributed by atoms with van der Waals surface area (Å²) < 4.78 is 28.5. The van der Waals surface area contributed by atoms with E-state index in [-0.39, 0.29) is 13.0 Å². The van der Waals surface area contributed by atoms with Gasteiger partial charge in [0.25, 0.3) is 0 Å². The van der Waals surface area contributed by atoms with E-state index < -0.39 is 16.2 Å². The topological polar surface area (TPSA) is 90.0 Å². The Labute approximate surface area is 132 Å². The molecule has 0 aliphatic rings. The van der Waals surface area contributed by atoms with E-state index in [4.69, 9.17) is 5.11 Å². The summed E-state index contributed by atoms with van der Waals surface area (Å²) in [5.74, 6) is -1.05. The first-order valence-corrected chi connectivity index (χ1v) is 8.29. The van der Waals surface area contributed by atoms with Crippen molar-refractivity contribution < 1.29 is 18.3 Å². The molecule has 2 N–H and O–H groups in total. The number of halogens is 1. The van der Waals surface area contributed by atoms with Crippen molar-refractivity contribution in [1.29, 1.82) is 0 Å². The molecule has 0 aromatic heterocycles. The molecule has 0 unspecified atom stereocenters. The normalized spacial score (nSPS) is 11.5. The van der Waals surface area contributed by atoms with Crippen molar-refractivity contribution in [2.45, 2.75) is 6.42 Å². The number of hydrogen-bond acceptors (Lipinski definition) is 4. The molecule has 1 rings (SSSR count). The van der Waals surface area contributed by atoms with Crippen molar-refractivity contribution >= 4 is 43.5 Å². The number of anilines is 2. The van der Waals surface area contributed by atoms with Crippen LogP contribution in [0.15, 0.2) is 22.7 Å². The highest BCUT2D eigenvalue weighted by Crippen LogP contribution is 2.29. The Bertz CT molecular complexity index is 619. The van der Waals surface area contributed by atoms with Gasteiger partial charge in [-0.25, -0.2) is 0 Å². The van der Waals surface area contributed by atoms with Crippen LogP contribution in [0, 0.1) is 0 Å². The SMILES string of the molecule is CN(C)c1ccc(Br)cc1NS(=O)(=O)N(C)CCC(=O)O. The number of aliphatic carboxylic acids is 1. The molecule has 118 valence electrons. The largest absolute Gasteiger partial charge is 0.481 e. The molecule has 0 amide bonds. The van der Waals surface area contributed by atoms with Crippen LogP contribution < -0.4 is 9.62 Å². The predicted octanol–water partition coefficient (Wildman–Crippen LogP) is 1.58. The Morgan fingerprint density at radius 1 is 1.33 bits per heavy atom. The molecule has 0 atom stereocenters. The molecule has 0 spiro atoms. The summed E-state index contributed by atoms with van der Waals surface area (Å²) in [7, 11) is 1.12. The van der Waals surface area contributed by atoms with Crippen LogP contribution in [-0.4, -0.2) is 51.5 Å². The summed E-state index contributed by atoms with van der Waals surface area (Å²) in [5.41, 5.74) is 1.12. The molecule has 0 fully saturated rings. The first kappa shape index (κ1) is 17.7. The third-order valence-electron chi connectivity index (χ3n) is 2.73. The van der Waals surface area contributed by atoms with Gasteiger partial charge in [-0.15, -0.1) is 0 Å². The molecule has 0 bridgehead atoms. The Morgan fingerprint density at radius 3 is 2.48 bits per heavy atom. The van der Waals surface area contributed by atoms with Crippen molar-refractivity contribution in [1.82, 2.24) is 4.31 Å². The fraction of sp³-hybridized carbons (Fsp3) is 0.417. The minimum atomic E-state index is -3.81. The molecular formula is C12H18BrN3O4S. The number of hydrogen-bond donors (Lipinski definition) is 2. The summed E-state index contributed by atoms with van der Waals surface area (Å²) in [4.78, 5) is 12.3. The van der Waals surface area contributed by atoms with Gasteiger partial charge in [0.2, 0.25) is 0 Å². The van der Waals surface area contributed by atoms with Gasteiger partial charge in [0.05, 0.1) is 17.8 Å². The van der Waals surface area contributed by atoms with E-state index in [9.17, 15) is 13.2 Å². The number of carboxylic acids is 1. The molecular weight excluding hydrogens is 362 g/mol. The fourth-order valence-electron chi connectivity index (χ4n) is 1.57. The first-order valence-electron chi connectivity index (χ1n) is 6.06. The van der Waals surface area contributed by atoms with Crippen LogP contribution in [0.5, 0.6) is 0 Å². The zero-order chi connectivity index (χ0) is 16.2. The predicted molar refractivity (Wildman–Crippen MR) is 85.9 cm³/mol. The van der Waals surface area contributed by atoms with Gasteiger partial charge in [0.1, 0.15) is 0 Å². The Morgan fingerprint density at radius 2 is 1.95 bits per heavy atom. The van der Waals surface area contributed by atoms with Gasteiger partial charge in [0.15, 0.2) is 0 Å². The second kappa shape index (κ2) is 7.10. The minimum absolute atomic E-state index is 0.101. The average Bonchev–Trinajstić information content (AvgIpc) is 2.34. The van der Waals surface area contributed by atoms with Crippen molar-refractivity contribution in [3.63, 3.8) is 0 Å². The van der Waals surface area contributed by atoms with Crippen LogP contribution in [0.4, 0.5) is 11.4 Å². The molecule has 0 saturated heterocycles. The van der Waals surface area contributed by atoms with Gasteiger partial charge in [-0.2, -0.15) is 12.7 Å². The van der Waals surface area contributed by atoms with E-state index >= 15 is 0 Å². The average molecular weight is 380 g/mol. The van der Waals surface area contributed by atoms with E-state index in [1.54, 1.807) is 37.2 Å². The smallest absolute Gasteiger partial charge is 0.304 e. The monoisotopic (exact) mass is 379 g/mol. The van der Waals surface area contributed by atoms with Crippen LogP contribution in [0.25, 0.3) is 0 Å². The summed E-state index contributed by atoms with van der Waals surface area (Å²) >= 11 is 3.30. The maximum absolute atomic E-state index is 12.2. The van der Waals surface area contributed by atoms with Crippen molar-refractivity contribution in [3.8, 4) is 0 Å². The third-order valence-corrected chi connectivity index (χ3v) is 4.70. The highest BCUT2D eigenvalue weighted by atomic mass is 79.9. The lowest BCUT2D eigenvalue weighted by molar-refractivity contribution is -0.137. The van der Waals surface area contributed by atoms with E-state index in [1.165, 1.54) is 7.05 Å². The van der Waals surface area contributed by atoms with Crippen LogP contribution >= 0.6 is 15.9 Å². The fourth-order valence-corrected chi connectivity index (χ4v) is 2.86. The third kappa shape index (κ3) is 5.18. The number of rotatable bonds is 7. The van der Waals surface area contributed by atoms with Gasteiger partial charge >= 0.3 is 16.2 Å². The Hall–Kier alpha value is -1.32. The summed E-state index contributed by atoms with van der Waals surface area (Å²) in [5, 5.41) is 8.62. The molecule has 0 aliphatic heterocycles. The number of carboxylic acid groups (broad SMARTS) is 1. The maximum atomic E-state index is 12.2. The molecule has 0 saturated carbocycles. The van der Waals surface area contributed by atoms with E-state index in [2.05, 4.69) is 20.7 Å².